The second kappa shape index (κ2) is 6.15. The maximum Gasteiger partial charge on any atom is 0.252 e. The molecule has 2 unspecified atom stereocenters. The first-order valence-corrected chi connectivity index (χ1v) is 6.59. The molecule has 18 heavy (non-hydrogen) atoms. The van der Waals surface area contributed by atoms with E-state index in [4.69, 9.17) is 10.5 Å². The first kappa shape index (κ1) is 13.3. The lowest BCUT2D eigenvalue weighted by molar-refractivity contribution is -0.146. The van der Waals surface area contributed by atoms with Gasteiger partial charge in [-0.25, -0.2) is 0 Å². The van der Waals surface area contributed by atoms with Crippen LogP contribution in [0.1, 0.15) is 25.7 Å². The van der Waals surface area contributed by atoms with Gasteiger partial charge in [0.15, 0.2) is 0 Å². The highest BCUT2D eigenvalue weighted by Gasteiger charge is 2.33. The van der Waals surface area contributed by atoms with Gasteiger partial charge in [-0.1, -0.05) is 0 Å². The summed E-state index contributed by atoms with van der Waals surface area (Å²) in [6.07, 6.45) is 3.20. The van der Waals surface area contributed by atoms with E-state index < -0.39 is 5.91 Å². The molecule has 102 valence electrons. The van der Waals surface area contributed by atoms with Gasteiger partial charge in [-0.15, -0.1) is 0 Å². The number of primary amides is 1. The molecule has 2 aliphatic heterocycles. The molecule has 6 heteroatoms. The minimum Gasteiger partial charge on any atom is -0.368 e. The number of piperidine rings is 1. The molecule has 2 rings (SSSR count). The van der Waals surface area contributed by atoms with Crippen molar-refractivity contribution >= 4 is 11.8 Å². The second-order valence-electron chi connectivity index (χ2n) is 4.93. The van der Waals surface area contributed by atoms with Crippen molar-refractivity contribution in [1.29, 1.82) is 0 Å². The number of amides is 2. The van der Waals surface area contributed by atoms with Crippen molar-refractivity contribution < 1.29 is 14.3 Å². The molecule has 0 aromatic carbocycles. The molecular formula is C12H21N3O3. The zero-order valence-electron chi connectivity index (χ0n) is 10.6. The fraction of sp³-hybridized carbons (Fsp3) is 0.833. The van der Waals surface area contributed by atoms with E-state index in [1.807, 2.05) is 0 Å². The van der Waals surface area contributed by atoms with Gasteiger partial charge in [0.25, 0.3) is 5.91 Å². The van der Waals surface area contributed by atoms with E-state index in [0.717, 1.165) is 38.8 Å². The van der Waals surface area contributed by atoms with Gasteiger partial charge in [-0.05, 0) is 32.2 Å². The van der Waals surface area contributed by atoms with Gasteiger partial charge in [0.05, 0.1) is 6.54 Å². The second-order valence-corrected chi connectivity index (χ2v) is 4.93. The molecule has 0 spiro atoms. The highest BCUT2D eigenvalue weighted by Crippen LogP contribution is 2.18. The smallest absolute Gasteiger partial charge is 0.252 e. The Kier molecular flexibility index (Phi) is 4.54. The van der Waals surface area contributed by atoms with Crippen molar-refractivity contribution in [3.05, 3.63) is 0 Å². The Balaban J connectivity index is 2.02. The molecular weight excluding hydrogens is 234 g/mol. The number of ether oxygens (including phenoxy) is 1. The van der Waals surface area contributed by atoms with Crippen molar-refractivity contribution in [2.24, 2.45) is 5.73 Å². The lowest BCUT2D eigenvalue weighted by Crippen LogP contribution is -2.54. The predicted octanol–water partition coefficient (Wildman–Crippen LogP) is -0.769. The van der Waals surface area contributed by atoms with Gasteiger partial charge in [0.1, 0.15) is 6.10 Å². The normalized spacial score (nSPS) is 28.0. The SMILES string of the molecule is NC(=O)CN(C(=O)C1CCCO1)C1CCCNC1. The first-order valence-electron chi connectivity index (χ1n) is 6.59. The maximum absolute atomic E-state index is 12.3. The van der Waals surface area contributed by atoms with E-state index in [1.165, 1.54) is 0 Å². The summed E-state index contributed by atoms with van der Waals surface area (Å²) >= 11 is 0. The van der Waals surface area contributed by atoms with Crippen LogP contribution < -0.4 is 11.1 Å². The van der Waals surface area contributed by atoms with Crippen LogP contribution in [-0.2, 0) is 14.3 Å². The lowest BCUT2D eigenvalue weighted by atomic mass is 10.0. The molecule has 2 amide bonds. The Labute approximate surface area is 107 Å². The molecule has 2 heterocycles. The Morgan fingerprint density at radius 3 is 2.72 bits per heavy atom. The first-order chi connectivity index (χ1) is 8.68. The van der Waals surface area contributed by atoms with E-state index in [-0.39, 0.29) is 24.6 Å². The quantitative estimate of drug-likeness (QED) is 0.691. The third kappa shape index (κ3) is 3.20. The van der Waals surface area contributed by atoms with Crippen LogP contribution in [-0.4, -0.2) is 55.1 Å². The number of hydrogen-bond acceptors (Lipinski definition) is 4. The fourth-order valence-electron chi connectivity index (χ4n) is 2.61. The summed E-state index contributed by atoms with van der Waals surface area (Å²) < 4.78 is 5.40. The van der Waals surface area contributed by atoms with Gasteiger partial charge in [0, 0.05) is 19.2 Å². The van der Waals surface area contributed by atoms with Crippen molar-refractivity contribution in [2.45, 2.75) is 37.8 Å². The summed E-state index contributed by atoms with van der Waals surface area (Å²) in [6.45, 7) is 2.32. The van der Waals surface area contributed by atoms with Gasteiger partial charge in [0.2, 0.25) is 5.91 Å². The number of nitrogens with two attached hydrogens (primary N) is 1. The monoisotopic (exact) mass is 255 g/mol. The van der Waals surface area contributed by atoms with Crippen LogP contribution in [0.4, 0.5) is 0 Å². The average Bonchev–Trinajstić information content (AvgIpc) is 2.90. The fourth-order valence-corrected chi connectivity index (χ4v) is 2.61. The molecule has 2 fully saturated rings. The van der Waals surface area contributed by atoms with Crippen molar-refractivity contribution in [3.63, 3.8) is 0 Å². The molecule has 0 radical (unpaired) electrons. The largest absolute Gasteiger partial charge is 0.368 e. The summed E-state index contributed by atoms with van der Waals surface area (Å²) in [6, 6.07) is 0.0583. The summed E-state index contributed by atoms with van der Waals surface area (Å²) in [5, 5.41) is 3.25. The van der Waals surface area contributed by atoms with Crippen LogP contribution in [0.5, 0.6) is 0 Å². The van der Waals surface area contributed by atoms with Crippen LogP contribution in [0.2, 0.25) is 0 Å². The van der Waals surface area contributed by atoms with Crippen LogP contribution in [0.15, 0.2) is 0 Å². The summed E-state index contributed by atoms with van der Waals surface area (Å²) in [5.74, 6) is -0.549. The molecule has 2 atom stereocenters. The van der Waals surface area contributed by atoms with Crippen LogP contribution in [0.25, 0.3) is 0 Å². The molecule has 0 bridgehead atoms. The van der Waals surface area contributed by atoms with E-state index in [9.17, 15) is 9.59 Å². The van der Waals surface area contributed by atoms with E-state index >= 15 is 0 Å². The lowest BCUT2D eigenvalue weighted by Gasteiger charge is -2.35. The van der Waals surface area contributed by atoms with Crippen LogP contribution in [0.3, 0.4) is 0 Å². The summed E-state index contributed by atoms with van der Waals surface area (Å²) in [5.41, 5.74) is 5.24. The van der Waals surface area contributed by atoms with E-state index in [1.54, 1.807) is 4.90 Å². The Morgan fingerprint density at radius 2 is 2.17 bits per heavy atom. The third-order valence-corrected chi connectivity index (χ3v) is 3.53. The number of carbonyl (C=O) groups is 2. The molecule has 0 aliphatic carbocycles. The molecule has 6 nitrogen and oxygen atoms in total. The van der Waals surface area contributed by atoms with Gasteiger partial charge in [-0.2, -0.15) is 0 Å². The third-order valence-electron chi connectivity index (χ3n) is 3.53. The number of hydrogen-bond donors (Lipinski definition) is 2. The number of nitrogens with zero attached hydrogens (tertiary/aromatic N) is 1. The van der Waals surface area contributed by atoms with Crippen LogP contribution in [0, 0.1) is 0 Å². The minimum atomic E-state index is -0.466. The van der Waals surface area contributed by atoms with Crippen molar-refractivity contribution in [1.82, 2.24) is 10.2 Å². The number of carbonyl (C=O) groups excluding carboxylic acids is 2. The number of rotatable bonds is 4. The van der Waals surface area contributed by atoms with Gasteiger partial charge < -0.3 is 20.7 Å². The highest BCUT2D eigenvalue weighted by atomic mass is 16.5. The molecule has 0 saturated carbocycles. The zero-order valence-corrected chi connectivity index (χ0v) is 10.6. The summed E-state index contributed by atoms with van der Waals surface area (Å²) in [7, 11) is 0. The topological polar surface area (TPSA) is 84.7 Å². The van der Waals surface area contributed by atoms with Crippen molar-refractivity contribution in [3.8, 4) is 0 Å². The molecule has 2 aliphatic rings. The predicted molar refractivity (Wildman–Crippen MR) is 65.8 cm³/mol. The Morgan fingerprint density at radius 1 is 1.33 bits per heavy atom. The molecule has 0 aromatic rings. The van der Waals surface area contributed by atoms with Crippen LogP contribution >= 0.6 is 0 Å². The maximum atomic E-state index is 12.3. The highest BCUT2D eigenvalue weighted by molar-refractivity contribution is 5.86. The Bertz CT molecular complexity index is 310. The summed E-state index contributed by atoms with van der Waals surface area (Å²) in [4.78, 5) is 25.1. The molecule has 0 aromatic heterocycles. The van der Waals surface area contributed by atoms with E-state index in [2.05, 4.69) is 5.32 Å². The zero-order chi connectivity index (χ0) is 13.0. The van der Waals surface area contributed by atoms with Gasteiger partial charge in [-0.3, -0.25) is 9.59 Å². The van der Waals surface area contributed by atoms with Crippen molar-refractivity contribution in [2.75, 3.05) is 26.2 Å². The number of nitrogens with one attached hydrogen (secondary N) is 1. The average molecular weight is 255 g/mol. The van der Waals surface area contributed by atoms with E-state index in [0.29, 0.717) is 6.61 Å². The Hall–Kier alpha value is -1.14. The molecule has 3 N–H and O–H groups in total. The standard InChI is InChI=1S/C12H21N3O3/c13-11(16)8-15(9-3-1-5-14-7-9)12(17)10-4-2-6-18-10/h9-10,14H,1-8H2,(H2,13,16). The molecule has 2 saturated heterocycles. The minimum absolute atomic E-state index is 0.00889. The van der Waals surface area contributed by atoms with Gasteiger partial charge >= 0.3 is 0 Å².